The van der Waals surface area contributed by atoms with Gasteiger partial charge in [0.05, 0.1) is 17.5 Å². The van der Waals surface area contributed by atoms with Crippen molar-refractivity contribution in [1.82, 2.24) is 51.2 Å². The van der Waals surface area contributed by atoms with Gasteiger partial charge < -0.3 is 38.0 Å². The second-order valence-electron chi connectivity index (χ2n) is 9.72. The summed E-state index contributed by atoms with van der Waals surface area (Å²) in [6.07, 6.45) is 5.37. The lowest BCUT2D eigenvalue weighted by Gasteiger charge is -2.09. The van der Waals surface area contributed by atoms with Crippen LogP contribution in [0.4, 0.5) is 17.5 Å². The number of hydrogen-bond acceptors (Lipinski definition) is 15. The average Bonchev–Trinajstić information content (AvgIpc) is 3.60. The van der Waals surface area contributed by atoms with Crippen LogP contribution in [-0.4, -0.2) is 89.6 Å². The number of nitrogens with two attached hydrogens (primary N) is 3. The van der Waals surface area contributed by atoms with E-state index in [4.69, 9.17) is 27.1 Å². The summed E-state index contributed by atoms with van der Waals surface area (Å²) in [6.45, 7) is 1.23. The van der Waals surface area contributed by atoms with Gasteiger partial charge in [-0.15, -0.1) is 10.2 Å². The summed E-state index contributed by atoms with van der Waals surface area (Å²) < 4.78 is 0. The summed E-state index contributed by atoms with van der Waals surface area (Å²) in [5, 5.41) is 36.3. The molecule has 246 valence electrons. The molecule has 0 unspecified atom stereocenters. The monoisotopic (exact) mass is 645 g/mol. The second-order valence-corrected chi connectivity index (χ2v) is 9.72. The molecule has 0 fully saturated rings. The van der Waals surface area contributed by atoms with Gasteiger partial charge in [-0.1, -0.05) is 6.07 Å². The molecule has 0 radical (unpaired) electrons. The molecule has 47 heavy (non-hydrogen) atoms. The molecule has 5 rings (SSSR count). The van der Waals surface area contributed by atoms with Gasteiger partial charge in [-0.05, 0) is 80.4 Å². The van der Waals surface area contributed by atoms with Crippen molar-refractivity contribution in [1.29, 1.82) is 0 Å². The minimum Gasteiger partial charge on any atom is -0.507 e. The lowest BCUT2D eigenvalue weighted by molar-refractivity contribution is -0.122. The Hall–Kier alpha value is -6.30. The predicted octanol–water partition coefficient (Wildman–Crippen LogP) is 0.767. The predicted molar refractivity (Wildman–Crippen MR) is 173 cm³/mol. The number of H-pyrrole nitrogens is 1. The maximum absolute atomic E-state index is 12.2. The topological polar surface area (TPSA) is 300 Å². The van der Waals surface area contributed by atoms with Crippen molar-refractivity contribution in [3.63, 3.8) is 0 Å². The van der Waals surface area contributed by atoms with E-state index in [0.717, 1.165) is 31.2 Å². The third-order valence-corrected chi connectivity index (χ3v) is 6.41. The number of phenolic OH excluding ortho intramolecular Hbond substituents is 1. The fraction of sp³-hybridized carbons (Fsp3) is 0.241. The number of aryl methyl sites for hydroxylation is 2. The van der Waals surface area contributed by atoms with Crippen LogP contribution in [0.5, 0.6) is 5.75 Å². The van der Waals surface area contributed by atoms with Crippen LogP contribution in [0.3, 0.4) is 0 Å². The molecule has 3 aromatic heterocycles. The van der Waals surface area contributed by atoms with Crippen molar-refractivity contribution in [2.45, 2.75) is 25.7 Å². The molecule has 0 bridgehead atoms. The molecular weight excluding hydrogens is 610 g/mol. The number of nitrogen functional groups attached to an aromatic ring is 3. The first kappa shape index (κ1) is 35.2. The third-order valence-electron chi connectivity index (χ3n) is 6.41. The largest absolute Gasteiger partial charge is 0.507 e. The Bertz CT molecular complexity index is 1780. The van der Waals surface area contributed by atoms with E-state index in [2.05, 4.69) is 51.2 Å². The molecule has 18 heteroatoms. The Kier molecular flexibility index (Phi) is 13.4. The van der Waals surface area contributed by atoms with Gasteiger partial charge in [0.2, 0.25) is 11.8 Å². The zero-order valence-corrected chi connectivity index (χ0v) is 25.4. The number of hydrogen-bond donors (Lipinski definition) is 8. The maximum Gasteiger partial charge on any atom is 0.290 e. The van der Waals surface area contributed by atoms with E-state index in [0.29, 0.717) is 58.9 Å². The van der Waals surface area contributed by atoms with Crippen molar-refractivity contribution in [2.24, 2.45) is 0 Å². The zero-order chi connectivity index (χ0) is 34.2. The van der Waals surface area contributed by atoms with Gasteiger partial charge in [-0.2, -0.15) is 15.2 Å². The number of aromatic amines is 1. The molecule has 0 aliphatic carbocycles. The van der Waals surface area contributed by atoms with Gasteiger partial charge in [0, 0.05) is 23.4 Å². The number of carboxylic acid groups (broad SMARTS) is 1. The Balaban J connectivity index is 0.000000292. The van der Waals surface area contributed by atoms with E-state index in [9.17, 15) is 14.7 Å². The number of fused-ring (bicyclic) bond motifs is 1. The van der Waals surface area contributed by atoms with Crippen LogP contribution in [-0.2, 0) is 17.6 Å². The smallest absolute Gasteiger partial charge is 0.290 e. The Morgan fingerprint density at radius 2 is 1.77 bits per heavy atom. The van der Waals surface area contributed by atoms with Crippen LogP contribution in [0.2, 0.25) is 0 Å². The number of unbranched alkanes of at least 4 members (excludes halogenated alkanes) is 1. The van der Waals surface area contributed by atoms with Gasteiger partial charge in [-0.25, -0.2) is 9.97 Å². The highest BCUT2D eigenvalue weighted by atomic mass is 16.3. The number of tetrazole rings is 1. The van der Waals surface area contributed by atoms with E-state index in [-0.39, 0.29) is 35.5 Å². The van der Waals surface area contributed by atoms with Crippen LogP contribution in [0.25, 0.3) is 22.6 Å². The number of aromatic nitrogens is 8. The van der Waals surface area contributed by atoms with Crippen molar-refractivity contribution >= 4 is 47.3 Å². The molecular formula is C29H35N13O5. The number of nitrogens with one attached hydrogen (secondary N) is 3. The minimum absolute atomic E-state index is 0.0436. The fourth-order valence-corrected chi connectivity index (χ4v) is 4.17. The molecule has 0 atom stereocenters. The first-order valence-electron chi connectivity index (χ1n) is 14.2. The van der Waals surface area contributed by atoms with E-state index < -0.39 is 0 Å². The number of rotatable bonds is 11. The van der Waals surface area contributed by atoms with Crippen molar-refractivity contribution in [2.75, 3.05) is 37.3 Å². The van der Waals surface area contributed by atoms with Crippen LogP contribution in [0.1, 0.15) is 44.8 Å². The second kappa shape index (κ2) is 17.9. The number of carbonyl (C=O) groups is 3. The van der Waals surface area contributed by atoms with Gasteiger partial charge in [0.1, 0.15) is 5.75 Å². The molecule has 0 aliphatic rings. The SMILES string of the molecule is CNCCCCNC(=O)c1ccc(CCc2cnc3nc(N)nc(N)c3n2)cc1O.Nc1ccc(C=O)c(-c2nn[nH]n2)c1.O=CO. The standard InChI is InChI=1S/C20H26N8O2.C8H7N5O.CH2O2/c1-23-8-2-3-9-24-19(30)14-7-5-12(10-15(14)29)4-6-13-11-25-18-16(26-13)17(21)27-20(22)28-18;9-6-2-1-5(4-14)7(3-6)8-10-12-13-11-8;2-1-3/h5,7,10-11,23,29H,2-4,6,8-9H2,1H3,(H,24,30)(H4,21,22,25,27,28);1-4H,9H2,(H,10,11,12,13);1H,(H,2,3). The third kappa shape index (κ3) is 10.4. The summed E-state index contributed by atoms with van der Waals surface area (Å²) in [6, 6.07) is 9.95. The number of nitrogens with zero attached hydrogens (tertiary/aromatic N) is 7. The minimum atomic E-state index is -0.279. The molecule has 3 heterocycles. The molecule has 1 amide bonds. The van der Waals surface area contributed by atoms with Crippen LogP contribution in [0, 0.1) is 0 Å². The zero-order valence-electron chi connectivity index (χ0n) is 25.4. The Morgan fingerprint density at radius 3 is 2.45 bits per heavy atom. The summed E-state index contributed by atoms with van der Waals surface area (Å²) in [4.78, 5) is 47.9. The molecule has 18 nitrogen and oxygen atoms in total. The number of amides is 1. The molecule has 0 spiro atoms. The van der Waals surface area contributed by atoms with Gasteiger partial charge in [-0.3, -0.25) is 14.4 Å². The molecule has 11 N–H and O–H groups in total. The van der Waals surface area contributed by atoms with E-state index in [1.807, 2.05) is 13.1 Å². The highest BCUT2D eigenvalue weighted by molar-refractivity contribution is 5.96. The van der Waals surface area contributed by atoms with Crippen molar-refractivity contribution < 1.29 is 24.6 Å². The van der Waals surface area contributed by atoms with Crippen molar-refractivity contribution in [3.8, 4) is 17.1 Å². The van der Waals surface area contributed by atoms with Crippen LogP contribution < -0.4 is 27.8 Å². The summed E-state index contributed by atoms with van der Waals surface area (Å²) in [5.41, 5.74) is 21.2. The lowest BCUT2D eigenvalue weighted by Crippen LogP contribution is -2.25. The number of carbonyl (C=O) groups excluding carboxylic acids is 2. The Morgan fingerprint density at radius 1 is 1.00 bits per heavy atom. The van der Waals surface area contributed by atoms with Crippen LogP contribution in [0.15, 0.2) is 42.6 Å². The number of phenols is 1. The Labute approximate surface area is 268 Å². The van der Waals surface area contributed by atoms with Gasteiger partial charge in [0.15, 0.2) is 23.3 Å². The van der Waals surface area contributed by atoms with Gasteiger partial charge in [0.25, 0.3) is 12.4 Å². The average molecular weight is 646 g/mol. The number of anilines is 3. The van der Waals surface area contributed by atoms with Crippen LogP contribution >= 0.6 is 0 Å². The fourth-order valence-electron chi connectivity index (χ4n) is 4.17. The normalized spacial score (nSPS) is 10.2. The lowest BCUT2D eigenvalue weighted by atomic mass is 10.0. The summed E-state index contributed by atoms with van der Waals surface area (Å²) in [5.74, 6) is 0.279. The number of aldehydes is 1. The van der Waals surface area contributed by atoms with E-state index in [1.54, 1.807) is 36.5 Å². The summed E-state index contributed by atoms with van der Waals surface area (Å²) >= 11 is 0. The van der Waals surface area contributed by atoms with E-state index >= 15 is 0 Å². The molecule has 0 aliphatic heterocycles. The highest BCUT2D eigenvalue weighted by Crippen LogP contribution is 2.22. The van der Waals surface area contributed by atoms with E-state index in [1.165, 1.54) is 0 Å². The first-order chi connectivity index (χ1) is 22.7. The molecule has 0 saturated heterocycles. The number of benzene rings is 2. The van der Waals surface area contributed by atoms with Gasteiger partial charge >= 0.3 is 0 Å². The maximum atomic E-state index is 12.2. The summed E-state index contributed by atoms with van der Waals surface area (Å²) in [7, 11) is 1.89. The first-order valence-corrected chi connectivity index (χ1v) is 14.2. The number of aromatic hydroxyl groups is 1. The molecule has 2 aromatic carbocycles. The van der Waals surface area contributed by atoms with Crippen molar-refractivity contribution in [3.05, 3.63) is 65.0 Å². The quantitative estimate of drug-likeness (QED) is 0.0558. The molecule has 5 aromatic rings. The highest BCUT2D eigenvalue weighted by Gasteiger charge is 2.13. The molecule has 0 saturated carbocycles.